The number of carboxylic acid groups (broad SMARTS) is 1. The lowest BCUT2D eigenvalue weighted by Crippen LogP contribution is -1.94. The number of hydrogen-bond donors (Lipinski definition) is 1. The van der Waals surface area contributed by atoms with E-state index in [9.17, 15) is 4.79 Å². The maximum atomic E-state index is 10.5. The van der Waals surface area contributed by atoms with Crippen LogP contribution < -0.4 is 0 Å². The highest BCUT2D eigenvalue weighted by molar-refractivity contribution is 5.97. The van der Waals surface area contributed by atoms with E-state index in [2.05, 4.69) is 48.5 Å². The fourth-order valence-corrected chi connectivity index (χ4v) is 3.84. The van der Waals surface area contributed by atoms with Gasteiger partial charge < -0.3 is 5.11 Å². The average molecular weight is 364 g/mol. The zero-order valence-corrected chi connectivity index (χ0v) is 16.0. The van der Waals surface area contributed by atoms with Crippen molar-refractivity contribution in [1.29, 1.82) is 0 Å². The van der Waals surface area contributed by atoms with Gasteiger partial charge in [0, 0.05) is 17.2 Å². The van der Waals surface area contributed by atoms with Crippen molar-refractivity contribution in [3.63, 3.8) is 0 Å². The molecule has 0 aliphatic carbocycles. The highest BCUT2D eigenvalue weighted by Gasteiger charge is 2.08. The van der Waals surface area contributed by atoms with Gasteiger partial charge in [-0.05, 0) is 37.0 Å². The van der Waals surface area contributed by atoms with Crippen molar-refractivity contribution in [2.75, 3.05) is 0 Å². The maximum Gasteiger partial charge on any atom is 0.303 e. The number of nitrogens with zero attached hydrogens (tertiary/aromatic N) is 1. The minimum atomic E-state index is -0.675. The molecule has 3 aromatic rings. The summed E-state index contributed by atoms with van der Waals surface area (Å²) in [7, 11) is 0. The van der Waals surface area contributed by atoms with E-state index in [1.165, 1.54) is 48.4 Å². The van der Waals surface area contributed by atoms with Gasteiger partial charge in [0.15, 0.2) is 0 Å². The van der Waals surface area contributed by atoms with Gasteiger partial charge in [0.25, 0.3) is 0 Å². The molecule has 0 spiro atoms. The second-order valence-electron chi connectivity index (χ2n) is 7.35. The third-order valence-corrected chi connectivity index (χ3v) is 5.27. The van der Waals surface area contributed by atoms with Crippen molar-refractivity contribution in [3.8, 4) is 0 Å². The molecule has 1 aromatic heterocycles. The van der Waals surface area contributed by atoms with Crippen LogP contribution in [0.1, 0.15) is 63.4 Å². The van der Waals surface area contributed by atoms with Crippen LogP contribution in [-0.2, 0) is 11.2 Å². The number of aromatic nitrogens is 1. The van der Waals surface area contributed by atoms with Crippen molar-refractivity contribution in [1.82, 2.24) is 4.98 Å². The monoisotopic (exact) mass is 363 g/mol. The highest BCUT2D eigenvalue weighted by atomic mass is 16.4. The lowest BCUT2D eigenvalue weighted by Gasteiger charge is -2.11. The number of carbonyl (C=O) groups is 1. The van der Waals surface area contributed by atoms with E-state index in [4.69, 9.17) is 10.1 Å². The zero-order valence-electron chi connectivity index (χ0n) is 16.0. The Hall–Kier alpha value is -2.42. The number of unbranched alkanes of at least 4 members (excludes halogenated alkanes) is 7. The predicted octanol–water partition coefficient (Wildman–Crippen LogP) is 6.53. The van der Waals surface area contributed by atoms with Crippen molar-refractivity contribution in [3.05, 3.63) is 54.1 Å². The normalized spacial score (nSPS) is 11.3. The predicted molar refractivity (Wildman–Crippen MR) is 112 cm³/mol. The molecule has 0 radical (unpaired) electrons. The van der Waals surface area contributed by atoms with Crippen LogP contribution in [0, 0.1) is 0 Å². The Morgan fingerprint density at radius 3 is 1.74 bits per heavy atom. The molecule has 2 aromatic carbocycles. The van der Waals surface area contributed by atoms with Crippen LogP contribution >= 0.6 is 0 Å². The van der Waals surface area contributed by atoms with Gasteiger partial charge >= 0.3 is 5.97 Å². The smallest absolute Gasteiger partial charge is 0.303 e. The molecule has 3 nitrogen and oxygen atoms in total. The molecule has 0 saturated heterocycles. The third kappa shape index (κ3) is 5.53. The Bertz CT molecular complexity index is 834. The van der Waals surface area contributed by atoms with E-state index in [0.717, 1.165) is 36.7 Å². The van der Waals surface area contributed by atoms with Crippen molar-refractivity contribution >= 4 is 27.8 Å². The molecular formula is C24H29NO2. The van der Waals surface area contributed by atoms with Gasteiger partial charge in [-0.15, -0.1) is 0 Å². The van der Waals surface area contributed by atoms with Gasteiger partial charge in [-0.1, -0.05) is 74.9 Å². The van der Waals surface area contributed by atoms with E-state index in [0.29, 0.717) is 6.42 Å². The quantitative estimate of drug-likeness (QED) is 0.311. The number of fused-ring (bicyclic) bond motifs is 2. The van der Waals surface area contributed by atoms with E-state index in [1.807, 2.05) is 0 Å². The zero-order chi connectivity index (χ0) is 18.9. The first-order valence-corrected chi connectivity index (χ1v) is 10.2. The molecule has 1 N–H and O–H groups in total. The largest absolute Gasteiger partial charge is 0.481 e. The summed E-state index contributed by atoms with van der Waals surface area (Å²) in [6.07, 6.45) is 10.6. The topological polar surface area (TPSA) is 50.2 Å². The Morgan fingerprint density at radius 2 is 1.19 bits per heavy atom. The van der Waals surface area contributed by atoms with E-state index in [-0.39, 0.29) is 0 Å². The number of pyridine rings is 1. The molecule has 0 bridgehead atoms. The lowest BCUT2D eigenvalue weighted by molar-refractivity contribution is -0.137. The summed E-state index contributed by atoms with van der Waals surface area (Å²) in [5, 5.41) is 11.2. The van der Waals surface area contributed by atoms with Crippen LogP contribution in [0.5, 0.6) is 0 Å². The first kappa shape index (κ1) is 19.3. The Labute approximate surface area is 161 Å². The molecule has 142 valence electrons. The first-order valence-electron chi connectivity index (χ1n) is 10.2. The van der Waals surface area contributed by atoms with Crippen LogP contribution in [0.4, 0.5) is 0 Å². The average Bonchev–Trinajstić information content (AvgIpc) is 2.68. The van der Waals surface area contributed by atoms with Crippen LogP contribution in [0.25, 0.3) is 21.8 Å². The van der Waals surface area contributed by atoms with Gasteiger partial charge in [0.05, 0.1) is 11.0 Å². The third-order valence-electron chi connectivity index (χ3n) is 5.27. The molecule has 1 heterocycles. The maximum absolute atomic E-state index is 10.5. The molecule has 3 heteroatoms. The van der Waals surface area contributed by atoms with E-state index in [1.54, 1.807) is 0 Å². The second-order valence-corrected chi connectivity index (χ2v) is 7.35. The van der Waals surface area contributed by atoms with E-state index < -0.39 is 5.97 Å². The fraction of sp³-hybridized carbons (Fsp3) is 0.417. The molecule has 0 aliphatic heterocycles. The Morgan fingerprint density at radius 1 is 0.704 bits per heavy atom. The Balaban J connectivity index is 1.48. The molecule has 0 fully saturated rings. The number of rotatable bonds is 11. The second kappa shape index (κ2) is 10.1. The van der Waals surface area contributed by atoms with Gasteiger partial charge in [-0.3, -0.25) is 4.79 Å². The molecule has 27 heavy (non-hydrogen) atoms. The number of para-hydroxylation sites is 2. The molecule has 0 atom stereocenters. The van der Waals surface area contributed by atoms with E-state index >= 15 is 0 Å². The van der Waals surface area contributed by atoms with Gasteiger partial charge in [0.2, 0.25) is 0 Å². The Kier molecular flexibility index (Phi) is 7.20. The van der Waals surface area contributed by atoms with Crippen molar-refractivity contribution in [2.45, 2.75) is 64.2 Å². The number of carboxylic acids is 1. The summed E-state index contributed by atoms with van der Waals surface area (Å²) in [6, 6.07) is 16.9. The van der Waals surface area contributed by atoms with Gasteiger partial charge in [-0.25, -0.2) is 4.98 Å². The summed E-state index contributed by atoms with van der Waals surface area (Å²) < 4.78 is 0. The van der Waals surface area contributed by atoms with Crippen LogP contribution in [0.2, 0.25) is 0 Å². The van der Waals surface area contributed by atoms with Crippen LogP contribution in [0.15, 0.2) is 48.5 Å². The lowest BCUT2D eigenvalue weighted by atomic mass is 9.97. The molecule has 0 aliphatic rings. The standard InChI is InChI=1S/C24H29NO2/c26-24(27)18-8-6-4-2-1-3-5-7-13-19-20-14-9-11-16-22(20)25-23-17-12-10-15-21(19)23/h9-12,14-17H,1-8,13,18H2,(H,26,27). The summed E-state index contributed by atoms with van der Waals surface area (Å²) in [5.41, 5.74) is 3.62. The highest BCUT2D eigenvalue weighted by Crippen LogP contribution is 2.27. The summed E-state index contributed by atoms with van der Waals surface area (Å²) in [5.74, 6) is -0.675. The van der Waals surface area contributed by atoms with Crippen LogP contribution in [0.3, 0.4) is 0 Å². The molecule has 0 saturated carbocycles. The van der Waals surface area contributed by atoms with Crippen LogP contribution in [-0.4, -0.2) is 16.1 Å². The van der Waals surface area contributed by atoms with Crippen molar-refractivity contribution in [2.24, 2.45) is 0 Å². The SMILES string of the molecule is O=C(O)CCCCCCCCCCc1c2ccccc2nc2ccccc12. The van der Waals surface area contributed by atoms with Crippen molar-refractivity contribution < 1.29 is 9.90 Å². The fourth-order valence-electron chi connectivity index (χ4n) is 3.84. The summed E-state index contributed by atoms with van der Waals surface area (Å²) >= 11 is 0. The number of hydrogen-bond acceptors (Lipinski definition) is 2. The molecular weight excluding hydrogens is 334 g/mol. The molecule has 0 amide bonds. The minimum absolute atomic E-state index is 0.313. The number of aliphatic carboxylic acids is 1. The van der Waals surface area contributed by atoms with Gasteiger partial charge in [-0.2, -0.15) is 0 Å². The number of benzene rings is 2. The number of aryl methyl sites for hydroxylation is 1. The first-order chi connectivity index (χ1) is 13.3. The summed E-state index contributed by atoms with van der Waals surface area (Å²) in [6.45, 7) is 0. The molecule has 0 unspecified atom stereocenters. The van der Waals surface area contributed by atoms with Gasteiger partial charge in [0.1, 0.15) is 0 Å². The minimum Gasteiger partial charge on any atom is -0.481 e. The molecule has 3 rings (SSSR count). The summed E-state index contributed by atoms with van der Waals surface area (Å²) in [4.78, 5) is 15.3.